The Kier molecular flexibility index (Phi) is 5.80. The molecule has 0 spiro atoms. The lowest BCUT2D eigenvalue weighted by molar-refractivity contribution is 0.0945. The molecule has 1 unspecified atom stereocenters. The fourth-order valence-electron chi connectivity index (χ4n) is 2.81. The van der Waals surface area contributed by atoms with Gasteiger partial charge in [-0.25, -0.2) is 9.97 Å². The molecule has 142 valence electrons. The maximum absolute atomic E-state index is 12.3. The van der Waals surface area contributed by atoms with E-state index in [1.165, 1.54) is 11.3 Å². The van der Waals surface area contributed by atoms with Crippen LogP contribution in [0.1, 0.15) is 42.9 Å². The second-order valence-electron chi connectivity index (χ2n) is 6.61. The molecule has 0 bridgehead atoms. The second-order valence-corrected chi connectivity index (χ2v) is 7.51. The van der Waals surface area contributed by atoms with Crippen molar-refractivity contribution >= 4 is 40.0 Å². The summed E-state index contributed by atoms with van der Waals surface area (Å²) in [5, 5.41) is 8.65. The molecule has 8 nitrogen and oxygen atoms in total. The van der Waals surface area contributed by atoms with Crippen LogP contribution < -0.4 is 16.4 Å². The molecular formula is C18H23N7OS. The number of carbonyl (C=O) groups excluding carboxylic acids is 1. The van der Waals surface area contributed by atoms with Gasteiger partial charge in [-0.15, -0.1) is 11.3 Å². The van der Waals surface area contributed by atoms with Gasteiger partial charge in [0.2, 0.25) is 5.95 Å². The minimum atomic E-state index is -0.422. The van der Waals surface area contributed by atoms with Crippen LogP contribution in [-0.2, 0) is 0 Å². The maximum atomic E-state index is 12.3. The van der Waals surface area contributed by atoms with Crippen molar-refractivity contribution in [1.82, 2.24) is 25.3 Å². The van der Waals surface area contributed by atoms with E-state index in [-0.39, 0.29) is 11.9 Å². The van der Waals surface area contributed by atoms with Crippen LogP contribution in [0.25, 0.3) is 11.0 Å². The van der Waals surface area contributed by atoms with E-state index in [9.17, 15) is 4.79 Å². The van der Waals surface area contributed by atoms with Gasteiger partial charge in [-0.05, 0) is 25.5 Å². The van der Waals surface area contributed by atoms with Crippen LogP contribution in [0.3, 0.4) is 0 Å². The van der Waals surface area contributed by atoms with Crippen LogP contribution in [-0.4, -0.2) is 37.9 Å². The lowest BCUT2D eigenvalue weighted by Crippen LogP contribution is -2.46. The number of anilines is 2. The van der Waals surface area contributed by atoms with Crippen molar-refractivity contribution in [2.75, 3.05) is 17.6 Å². The molecule has 3 heterocycles. The van der Waals surface area contributed by atoms with E-state index in [2.05, 4.69) is 44.4 Å². The van der Waals surface area contributed by atoms with Crippen LogP contribution in [0.4, 0.5) is 11.8 Å². The van der Waals surface area contributed by atoms with Crippen LogP contribution in [0.2, 0.25) is 0 Å². The molecular weight excluding hydrogens is 362 g/mol. The Morgan fingerprint density at radius 3 is 2.89 bits per heavy atom. The molecule has 0 saturated heterocycles. The Morgan fingerprint density at radius 2 is 2.15 bits per heavy atom. The average Bonchev–Trinajstić information content (AvgIpc) is 3.19. The van der Waals surface area contributed by atoms with Gasteiger partial charge in [0.15, 0.2) is 10.8 Å². The van der Waals surface area contributed by atoms with Gasteiger partial charge in [0.25, 0.3) is 5.91 Å². The Morgan fingerprint density at radius 1 is 1.30 bits per heavy atom. The number of fused-ring (bicyclic) bond motifs is 1. The maximum Gasteiger partial charge on any atom is 0.280 e. The van der Waals surface area contributed by atoms with E-state index in [4.69, 9.17) is 5.73 Å². The van der Waals surface area contributed by atoms with Crippen molar-refractivity contribution < 1.29 is 4.79 Å². The summed E-state index contributed by atoms with van der Waals surface area (Å²) in [7, 11) is 0. The molecule has 0 aliphatic heterocycles. The van der Waals surface area contributed by atoms with Crippen molar-refractivity contribution in [3.63, 3.8) is 0 Å². The number of nitrogens with zero attached hydrogens (tertiary/aromatic N) is 4. The van der Waals surface area contributed by atoms with Gasteiger partial charge in [-0.3, -0.25) is 9.78 Å². The fourth-order valence-corrected chi connectivity index (χ4v) is 3.36. The molecule has 0 fully saturated rings. The number of nitrogens with one attached hydrogen (secondary N) is 2. The smallest absolute Gasteiger partial charge is 0.280 e. The first-order valence-electron chi connectivity index (χ1n) is 8.85. The van der Waals surface area contributed by atoms with Gasteiger partial charge in [-0.1, -0.05) is 19.8 Å². The summed E-state index contributed by atoms with van der Waals surface area (Å²) in [6.07, 6.45) is 6.21. The molecule has 1 amide bonds. The van der Waals surface area contributed by atoms with Gasteiger partial charge in [0.05, 0.1) is 11.1 Å². The molecule has 9 heteroatoms. The number of hydrogen-bond donors (Lipinski definition) is 3. The zero-order valence-electron chi connectivity index (χ0n) is 15.4. The third-order valence-electron chi connectivity index (χ3n) is 4.24. The molecule has 0 aliphatic carbocycles. The molecule has 4 N–H and O–H groups in total. The highest BCUT2D eigenvalue weighted by Gasteiger charge is 2.27. The number of hydrogen-bond acceptors (Lipinski definition) is 8. The van der Waals surface area contributed by atoms with Gasteiger partial charge in [0, 0.05) is 24.3 Å². The molecule has 3 rings (SSSR count). The zero-order valence-corrected chi connectivity index (χ0v) is 16.2. The van der Waals surface area contributed by atoms with Gasteiger partial charge in [-0.2, -0.15) is 4.98 Å². The van der Waals surface area contributed by atoms with Gasteiger partial charge < -0.3 is 16.4 Å². The number of carbonyl (C=O) groups is 1. The number of amides is 1. The van der Waals surface area contributed by atoms with Gasteiger partial charge in [0.1, 0.15) is 5.52 Å². The SMILES string of the molecule is CCCCC(C)(CNC(=O)c1nccs1)Nc1nc(N)nc2cccnc12. The summed E-state index contributed by atoms with van der Waals surface area (Å²) in [6.45, 7) is 4.61. The van der Waals surface area contributed by atoms with Crippen molar-refractivity contribution in [2.24, 2.45) is 0 Å². The quantitative estimate of drug-likeness (QED) is 0.545. The molecule has 0 saturated carbocycles. The first-order valence-corrected chi connectivity index (χ1v) is 9.73. The summed E-state index contributed by atoms with van der Waals surface area (Å²) in [5.41, 5.74) is 6.77. The molecule has 0 aromatic carbocycles. The Bertz CT molecular complexity index is 915. The molecule has 3 aromatic rings. The van der Waals surface area contributed by atoms with Crippen LogP contribution in [0.5, 0.6) is 0 Å². The molecule has 0 aliphatic rings. The largest absolute Gasteiger partial charge is 0.368 e. The number of unbranched alkanes of at least 4 members (excludes halogenated alkanes) is 1. The van der Waals surface area contributed by atoms with Crippen molar-refractivity contribution in [3.8, 4) is 0 Å². The molecule has 27 heavy (non-hydrogen) atoms. The third kappa shape index (κ3) is 4.68. The lowest BCUT2D eigenvalue weighted by atomic mass is 9.94. The highest BCUT2D eigenvalue weighted by atomic mass is 32.1. The Labute approximate surface area is 161 Å². The predicted octanol–water partition coefficient (Wildman–Crippen LogP) is 2.85. The van der Waals surface area contributed by atoms with E-state index >= 15 is 0 Å². The monoisotopic (exact) mass is 385 g/mol. The Balaban J connectivity index is 1.83. The highest BCUT2D eigenvalue weighted by Crippen LogP contribution is 2.25. The number of pyridine rings is 1. The summed E-state index contributed by atoms with van der Waals surface area (Å²) >= 11 is 1.32. The van der Waals surface area contributed by atoms with E-state index in [1.54, 1.807) is 17.8 Å². The van der Waals surface area contributed by atoms with Crippen LogP contribution in [0, 0.1) is 0 Å². The minimum Gasteiger partial charge on any atom is -0.368 e. The predicted molar refractivity (Wildman–Crippen MR) is 108 cm³/mol. The summed E-state index contributed by atoms with van der Waals surface area (Å²) in [4.78, 5) is 29.3. The summed E-state index contributed by atoms with van der Waals surface area (Å²) < 4.78 is 0. The molecule has 3 aromatic heterocycles. The van der Waals surface area contributed by atoms with E-state index in [0.29, 0.717) is 28.4 Å². The normalized spacial score (nSPS) is 13.3. The molecule has 0 radical (unpaired) electrons. The number of rotatable bonds is 8. The van der Waals surface area contributed by atoms with E-state index < -0.39 is 5.54 Å². The van der Waals surface area contributed by atoms with Crippen LogP contribution >= 0.6 is 11.3 Å². The van der Waals surface area contributed by atoms with Crippen molar-refractivity contribution in [3.05, 3.63) is 34.9 Å². The standard InChI is InChI=1S/C18H23N7OS/c1-3-4-7-18(2,11-22-15(26)16-21-9-10-27-16)25-14-13-12(6-5-8-20-13)23-17(19)24-14/h5-6,8-10H,3-4,7,11H2,1-2H3,(H,22,26)(H3,19,23,24,25). The summed E-state index contributed by atoms with van der Waals surface area (Å²) in [5.74, 6) is 0.572. The summed E-state index contributed by atoms with van der Waals surface area (Å²) in [6, 6.07) is 3.66. The zero-order chi connectivity index (χ0) is 19.3. The third-order valence-corrected chi connectivity index (χ3v) is 5.01. The first-order chi connectivity index (χ1) is 13.0. The fraction of sp³-hybridized carbons (Fsp3) is 0.389. The van der Waals surface area contributed by atoms with Crippen molar-refractivity contribution in [2.45, 2.75) is 38.6 Å². The van der Waals surface area contributed by atoms with Crippen molar-refractivity contribution in [1.29, 1.82) is 0 Å². The highest BCUT2D eigenvalue weighted by molar-refractivity contribution is 7.11. The first kappa shape index (κ1) is 19.0. The number of aromatic nitrogens is 4. The topological polar surface area (TPSA) is 119 Å². The van der Waals surface area contributed by atoms with Gasteiger partial charge >= 0.3 is 0 Å². The van der Waals surface area contributed by atoms with E-state index in [0.717, 1.165) is 19.3 Å². The van der Waals surface area contributed by atoms with E-state index in [1.807, 2.05) is 12.1 Å². The minimum absolute atomic E-state index is 0.181. The average molecular weight is 385 g/mol. The Hall–Kier alpha value is -2.81. The molecule has 1 atom stereocenters. The number of thiazole rings is 1. The lowest BCUT2D eigenvalue weighted by Gasteiger charge is -2.32. The number of nitrogen functional groups attached to an aromatic ring is 1. The number of nitrogens with two attached hydrogens (primary N) is 1. The second kappa shape index (κ2) is 8.26. The van der Waals surface area contributed by atoms with Crippen LogP contribution in [0.15, 0.2) is 29.9 Å².